The van der Waals surface area contributed by atoms with E-state index in [-0.39, 0.29) is 18.3 Å². The monoisotopic (exact) mass is 300 g/mol. The van der Waals surface area contributed by atoms with Gasteiger partial charge in [0.25, 0.3) is 5.91 Å². The zero-order valence-electron chi connectivity index (χ0n) is 11.2. The number of thiophene rings is 1. The van der Waals surface area contributed by atoms with Gasteiger partial charge in [-0.1, -0.05) is 0 Å². The van der Waals surface area contributed by atoms with E-state index in [1.807, 2.05) is 12.1 Å². The van der Waals surface area contributed by atoms with Crippen molar-refractivity contribution in [2.24, 2.45) is 11.8 Å². The number of carbonyl (C=O) groups excluding carboxylic acids is 1. The van der Waals surface area contributed by atoms with Crippen LogP contribution in [-0.2, 0) is 0 Å². The Morgan fingerprint density at radius 2 is 1.89 bits per heavy atom. The minimum Gasteiger partial charge on any atom is -0.338 e. The van der Waals surface area contributed by atoms with Crippen molar-refractivity contribution >= 4 is 29.7 Å². The number of hydrogen-bond donors (Lipinski definition) is 1. The van der Waals surface area contributed by atoms with Crippen LogP contribution in [0.15, 0.2) is 12.1 Å². The molecule has 2 atom stereocenters. The number of likely N-dealkylation sites (tertiary alicyclic amines) is 1. The van der Waals surface area contributed by atoms with Crippen molar-refractivity contribution in [3.8, 4) is 0 Å². The number of nitrogens with zero attached hydrogens (tertiary/aromatic N) is 1. The first-order valence-corrected chi connectivity index (χ1v) is 7.62. The van der Waals surface area contributed by atoms with E-state index in [1.54, 1.807) is 11.3 Å². The van der Waals surface area contributed by atoms with Gasteiger partial charge in [0.2, 0.25) is 0 Å². The second-order valence-corrected chi connectivity index (χ2v) is 6.75. The lowest BCUT2D eigenvalue weighted by Crippen LogP contribution is -2.32. The van der Waals surface area contributed by atoms with Crippen molar-refractivity contribution in [2.45, 2.75) is 19.8 Å². The highest BCUT2D eigenvalue weighted by Crippen LogP contribution is 2.28. The Kier molecular flexibility index (Phi) is 4.87. The minimum absolute atomic E-state index is 0. The molecule has 0 saturated carbocycles. The molecule has 2 aliphatic rings. The molecule has 5 heteroatoms. The summed E-state index contributed by atoms with van der Waals surface area (Å²) in [5.41, 5.74) is 0. The summed E-state index contributed by atoms with van der Waals surface area (Å²) in [6.07, 6.45) is 2.32. The van der Waals surface area contributed by atoms with E-state index in [2.05, 4.69) is 17.1 Å². The lowest BCUT2D eigenvalue weighted by Gasteiger charge is -2.20. The Labute approximate surface area is 124 Å². The predicted octanol–water partition coefficient (Wildman–Crippen LogP) is 2.55. The van der Waals surface area contributed by atoms with Crippen LogP contribution in [0.2, 0.25) is 0 Å². The molecule has 3 nitrogen and oxygen atoms in total. The molecule has 2 fully saturated rings. The van der Waals surface area contributed by atoms with Crippen LogP contribution in [0.1, 0.15) is 27.4 Å². The molecule has 1 aromatic heterocycles. The van der Waals surface area contributed by atoms with Gasteiger partial charge < -0.3 is 10.2 Å². The highest BCUT2D eigenvalue weighted by Gasteiger charge is 2.31. The maximum absolute atomic E-state index is 12.4. The van der Waals surface area contributed by atoms with Crippen molar-refractivity contribution in [1.29, 1.82) is 0 Å². The van der Waals surface area contributed by atoms with E-state index in [0.29, 0.717) is 0 Å². The third-order valence-corrected chi connectivity index (χ3v) is 5.25. The molecule has 0 aromatic carbocycles. The fourth-order valence-electron chi connectivity index (χ4n) is 3.13. The molecule has 0 spiro atoms. The van der Waals surface area contributed by atoms with Crippen molar-refractivity contribution in [2.75, 3.05) is 26.2 Å². The SMILES string of the molecule is Cc1ccc(C(=O)N2CC[C@@H]3CNC[C@@H]3CC2)s1.Cl. The average Bonchev–Trinajstić information content (AvgIpc) is 2.94. The summed E-state index contributed by atoms with van der Waals surface area (Å²) >= 11 is 1.61. The largest absolute Gasteiger partial charge is 0.338 e. The van der Waals surface area contributed by atoms with Gasteiger partial charge in [0.1, 0.15) is 0 Å². The number of carbonyl (C=O) groups is 1. The molecule has 1 N–H and O–H groups in total. The van der Waals surface area contributed by atoms with E-state index in [9.17, 15) is 4.79 Å². The molecule has 106 valence electrons. The molecule has 0 bridgehead atoms. The van der Waals surface area contributed by atoms with Gasteiger partial charge in [-0.15, -0.1) is 23.7 Å². The first-order valence-electron chi connectivity index (χ1n) is 6.80. The summed E-state index contributed by atoms with van der Waals surface area (Å²) in [6.45, 7) is 6.20. The van der Waals surface area contributed by atoms with Crippen LogP contribution in [0.4, 0.5) is 0 Å². The van der Waals surface area contributed by atoms with Crippen molar-refractivity contribution < 1.29 is 4.79 Å². The molecule has 3 heterocycles. The third-order valence-electron chi connectivity index (χ3n) is 4.26. The quantitative estimate of drug-likeness (QED) is 0.864. The minimum atomic E-state index is 0. The molecule has 0 aliphatic carbocycles. The standard InChI is InChI=1S/C14H20N2OS.ClH/c1-10-2-3-13(18-10)14(17)16-6-4-11-8-15-9-12(11)5-7-16;/h2-3,11-12,15H,4-9H2,1H3;1H/t11-,12+;. The molecule has 2 saturated heterocycles. The molecule has 1 amide bonds. The Balaban J connectivity index is 0.00000133. The second kappa shape index (κ2) is 6.25. The van der Waals surface area contributed by atoms with E-state index in [1.165, 1.54) is 4.88 Å². The zero-order valence-corrected chi connectivity index (χ0v) is 12.9. The van der Waals surface area contributed by atoms with E-state index in [4.69, 9.17) is 0 Å². The van der Waals surface area contributed by atoms with Crippen LogP contribution in [0.3, 0.4) is 0 Å². The molecule has 3 rings (SSSR count). The van der Waals surface area contributed by atoms with Gasteiger partial charge in [0, 0.05) is 18.0 Å². The highest BCUT2D eigenvalue weighted by molar-refractivity contribution is 7.13. The van der Waals surface area contributed by atoms with Crippen LogP contribution in [0, 0.1) is 18.8 Å². The van der Waals surface area contributed by atoms with Crippen molar-refractivity contribution in [1.82, 2.24) is 10.2 Å². The van der Waals surface area contributed by atoms with Gasteiger partial charge >= 0.3 is 0 Å². The lowest BCUT2D eigenvalue weighted by atomic mass is 9.92. The maximum Gasteiger partial charge on any atom is 0.263 e. The van der Waals surface area contributed by atoms with Gasteiger partial charge in [-0.3, -0.25) is 4.79 Å². The summed E-state index contributed by atoms with van der Waals surface area (Å²) in [4.78, 5) is 16.6. The first kappa shape index (κ1) is 14.8. The molecule has 1 aromatic rings. The summed E-state index contributed by atoms with van der Waals surface area (Å²) in [5, 5.41) is 3.47. The van der Waals surface area contributed by atoms with Gasteiger partial charge in [-0.05, 0) is 56.8 Å². The molecule has 0 radical (unpaired) electrons. The first-order chi connectivity index (χ1) is 8.74. The number of rotatable bonds is 1. The van der Waals surface area contributed by atoms with Gasteiger partial charge in [0.05, 0.1) is 4.88 Å². The number of fused-ring (bicyclic) bond motifs is 1. The zero-order chi connectivity index (χ0) is 12.5. The van der Waals surface area contributed by atoms with Gasteiger partial charge in [-0.25, -0.2) is 0 Å². The summed E-state index contributed by atoms with van der Waals surface area (Å²) < 4.78 is 0. The fraction of sp³-hybridized carbons (Fsp3) is 0.643. The number of halogens is 1. The Morgan fingerprint density at radius 3 is 2.42 bits per heavy atom. The van der Waals surface area contributed by atoms with Crippen LogP contribution in [0.5, 0.6) is 0 Å². The number of hydrogen-bond acceptors (Lipinski definition) is 3. The fourth-order valence-corrected chi connectivity index (χ4v) is 3.96. The Hall–Kier alpha value is -0.580. The van der Waals surface area contributed by atoms with Gasteiger partial charge in [-0.2, -0.15) is 0 Å². The Morgan fingerprint density at radius 1 is 1.26 bits per heavy atom. The van der Waals surface area contributed by atoms with Crippen LogP contribution in [0.25, 0.3) is 0 Å². The average molecular weight is 301 g/mol. The van der Waals surface area contributed by atoms with E-state index in [0.717, 1.165) is 55.7 Å². The van der Waals surface area contributed by atoms with E-state index >= 15 is 0 Å². The predicted molar refractivity (Wildman–Crippen MR) is 81.3 cm³/mol. The van der Waals surface area contributed by atoms with Gasteiger partial charge in [0.15, 0.2) is 0 Å². The lowest BCUT2D eigenvalue weighted by molar-refractivity contribution is 0.0763. The number of aryl methyl sites for hydroxylation is 1. The van der Waals surface area contributed by atoms with Crippen LogP contribution in [-0.4, -0.2) is 37.0 Å². The van der Waals surface area contributed by atoms with Crippen molar-refractivity contribution in [3.63, 3.8) is 0 Å². The number of amides is 1. The topological polar surface area (TPSA) is 32.3 Å². The Bertz CT molecular complexity index is 434. The highest BCUT2D eigenvalue weighted by atomic mass is 35.5. The van der Waals surface area contributed by atoms with Crippen molar-refractivity contribution in [3.05, 3.63) is 21.9 Å². The molecular weight excluding hydrogens is 280 g/mol. The summed E-state index contributed by atoms with van der Waals surface area (Å²) in [6, 6.07) is 4.00. The smallest absolute Gasteiger partial charge is 0.263 e. The molecule has 0 unspecified atom stereocenters. The second-order valence-electron chi connectivity index (χ2n) is 5.46. The molecular formula is C14H21ClN2OS. The normalized spacial score (nSPS) is 26.5. The maximum atomic E-state index is 12.4. The molecule has 2 aliphatic heterocycles. The summed E-state index contributed by atoms with van der Waals surface area (Å²) in [7, 11) is 0. The number of nitrogens with one attached hydrogen (secondary N) is 1. The third kappa shape index (κ3) is 3.12. The van der Waals surface area contributed by atoms with Crippen LogP contribution < -0.4 is 5.32 Å². The van der Waals surface area contributed by atoms with Crippen LogP contribution >= 0.6 is 23.7 Å². The summed E-state index contributed by atoms with van der Waals surface area (Å²) in [5.74, 6) is 1.81. The molecule has 19 heavy (non-hydrogen) atoms. The van der Waals surface area contributed by atoms with E-state index < -0.39 is 0 Å².